The highest BCUT2D eigenvalue weighted by Crippen LogP contribution is 2.47. The third-order valence-electron chi connectivity index (χ3n) is 14.7. The second-order valence-electron chi connectivity index (χ2n) is 26.1. The van der Waals surface area contributed by atoms with Crippen molar-refractivity contribution in [3.63, 3.8) is 0 Å². The Bertz CT molecular complexity index is 2580. The van der Waals surface area contributed by atoms with Gasteiger partial charge in [-0.3, -0.25) is 29.0 Å². The van der Waals surface area contributed by atoms with Crippen molar-refractivity contribution < 1.29 is 115 Å². The van der Waals surface area contributed by atoms with Crippen molar-refractivity contribution in [3.05, 3.63) is 24.3 Å². The van der Waals surface area contributed by atoms with Crippen LogP contribution >= 0.6 is 0 Å². The maximum absolute atomic E-state index is 13.3. The predicted octanol–water partition coefficient (Wildman–Crippen LogP) is 7.41. The van der Waals surface area contributed by atoms with Gasteiger partial charge in [0.2, 0.25) is 11.8 Å². The summed E-state index contributed by atoms with van der Waals surface area (Å²) >= 11 is 0. The summed E-state index contributed by atoms with van der Waals surface area (Å²) < 4.78 is 102. The topological polar surface area (TPSA) is 332 Å². The molecule has 10 atom stereocenters. The van der Waals surface area contributed by atoms with E-state index in [2.05, 4.69) is 30.3 Å². The van der Waals surface area contributed by atoms with Gasteiger partial charge in [-0.05, 0) is 113 Å². The summed E-state index contributed by atoms with van der Waals surface area (Å²) in [7, 11) is -1.54. The van der Waals surface area contributed by atoms with Crippen LogP contribution in [0.25, 0.3) is 0 Å². The Morgan fingerprint density at radius 2 is 0.978 bits per heavy atom. The summed E-state index contributed by atoms with van der Waals surface area (Å²) in [6, 6.07) is -4.50. The number of alkyl halides is 6. The van der Waals surface area contributed by atoms with Gasteiger partial charge in [-0.1, -0.05) is 77.1 Å². The number of carbonyl (C=O) groups is 10. The first-order valence-electron chi connectivity index (χ1n) is 30.3. The van der Waals surface area contributed by atoms with E-state index in [1.807, 2.05) is 6.08 Å². The van der Waals surface area contributed by atoms with E-state index in [4.69, 9.17) is 28.8 Å². The van der Waals surface area contributed by atoms with Gasteiger partial charge in [-0.2, -0.15) is 26.3 Å². The molecule has 4 fully saturated rings. The first-order chi connectivity index (χ1) is 41.5. The average molecular weight is 1330 g/mol. The molecule has 0 aromatic carbocycles. The quantitative estimate of drug-likeness (QED) is 0.00957. The molecule has 4 aliphatic rings. The molecule has 4 rings (SSSR count). The zero-order valence-corrected chi connectivity index (χ0v) is 54.2. The molecule has 2 saturated heterocycles. The molecule has 2 aliphatic carbocycles. The summed E-state index contributed by atoms with van der Waals surface area (Å²) in [5.41, 5.74) is -4.28. The Hall–Kier alpha value is -6.50. The van der Waals surface area contributed by atoms with E-state index in [1.165, 1.54) is 5.32 Å². The molecule has 6 amide bonds. The summed E-state index contributed by atoms with van der Waals surface area (Å²) in [5, 5.41) is 38.1. The highest BCUT2D eigenvalue weighted by molar-refractivity contribution is 6.76. The maximum Gasteiger partial charge on any atom is 0.471 e. The van der Waals surface area contributed by atoms with Crippen LogP contribution in [0, 0.1) is 11.8 Å². The smallest absolute Gasteiger partial charge is 0.471 e. The summed E-state index contributed by atoms with van der Waals surface area (Å²) in [4.78, 5) is 126. The Morgan fingerprint density at radius 1 is 0.604 bits per heavy atom. The molecule has 0 aromatic heterocycles. The monoisotopic (exact) mass is 1330 g/mol. The Labute approximate surface area is 530 Å². The summed E-state index contributed by atoms with van der Waals surface area (Å²) in [6.07, 6.45) is -2.35. The molecule has 0 spiro atoms. The number of carboxylic acids is 1. The molecular weight excluding hydrogens is 1230 g/mol. The minimum absolute atomic E-state index is 0. The molecule has 91 heavy (non-hydrogen) atoms. The van der Waals surface area contributed by atoms with E-state index >= 15 is 0 Å². The van der Waals surface area contributed by atoms with Gasteiger partial charge in [0, 0.05) is 32.8 Å². The number of esters is 3. The van der Waals surface area contributed by atoms with Crippen LogP contribution in [-0.2, 0) is 62.0 Å². The average Bonchev–Trinajstić information content (AvgIpc) is 1.59. The van der Waals surface area contributed by atoms with E-state index in [-0.39, 0.29) is 92.6 Å². The number of ether oxygens (including phenoxy) is 5. The van der Waals surface area contributed by atoms with Crippen LogP contribution in [0.5, 0.6) is 0 Å². The molecule has 24 nitrogen and oxygen atoms in total. The lowest BCUT2D eigenvalue weighted by Gasteiger charge is -2.29. The van der Waals surface area contributed by atoms with Crippen molar-refractivity contribution in [2.45, 2.75) is 249 Å². The Balaban J connectivity index is 0.000000908. The van der Waals surface area contributed by atoms with Crippen LogP contribution < -0.4 is 21.3 Å². The summed E-state index contributed by atoms with van der Waals surface area (Å²) in [5.74, 6) is -10.2. The molecule has 2 aliphatic heterocycles. The van der Waals surface area contributed by atoms with Crippen molar-refractivity contribution in [2.24, 2.45) is 11.8 Å². The fourth-order valence-corrected chi connectivity index (χ4v) is 10.6. The van der Waals surface area contributed by atoms with Crippen LogP contribution in [-0.4, -0.2) is 197 Å². The SMILES string of the molecule is C.CCOC(=O)[C@@]1(NC(=O)[C@@H]2C[C@@H](O)CN2C(=O)OC(C)(C)C)C[C@H]1/C=C\CCCCC[C@H](NC(=O)C(F)(F)F)C(=O)O.CCOC(=O)[C@@]1(NC(=O)[C@@H]2C[C@@H](O)CN2C(=O)OC(C)(C)C)C[C@H]1/C=C\CCCCC[C@H](NC(=O)C(F)(F)F)C(=O)OCC[Si](C)(C)C.[2H-]. The normalized spacial score (nSPS) is 23.7. The van der Waals surface area contributed by atoms with Gasteiger partial charge >= 0.3 is 60.2 Å². The second kappa shape index (κ2) is 34.4. The number of aliphatic hydroxyl groups is 2. The molecule has 31 heteroatoms. The number of likely N-dealkylation sites (tertiary alicyclic amines) is 2. The van der Waals surface area contributed by atoms with Crippen LogP contribution in [0.3, 0.4) is 0 Å². The highest BCUT2D eigenvalue weighted by Gasteiger charge is 2.63. The van der Waals surface area contributed by atoms with E-state index in [1.54, 1.807) is 78.9 Å². The van der Waals surface area contributed by atoms with Gasteiger partial charge in [0.1, 0.15) is 46.4 Å². The molecule has 2 heterocycles. The molecule has 0 unspecified atom stereocenters. The van der Waals surface area contributed by atoms with Crippen LogP contribution in [0.15, 0.2) is 24.3 Å². The Kier molecular flexibility index (Phi) is 30.5. The fourth-order valence-electron chi connectivity index (χ4n) is 9.84. The van der Waals surface area contributed by atoms with Gasteiger partial charge in [-0.25, -0.2) is 28.8 Å². The number of carbonyl (C=O) groups excluding carboxylic acids is 9. The van der Waals surface area contributed by atoms with Gasteiger partial charge in [0.05, 0.1) is 45.1 Å². The van der Waals surface area contributed by atoms with Crippen molar-refractivity contribution in [2.75, 3.05) is 32.9 Å². The number of hydrogen-bond acceptors (Lipinski definition) is 17. The van der Waals surface area contributed by atoms with Crippen molar-refractivity contribution in [1.82, 2.24) is 31.1 Å². The largest absolute Gasteiger partial charge is 1.00 e. The van der Waals surface area contributed by atoms with Crippen molar-refractivity contribution in [1.29, 1.82) is 0 Å². The van der Waals surface area contributed by atoms with Crippen LogP contribution in [0.2, 0.25) is 25.7 Å². The lowest BCUT2D eigenvalue weighted by atomic mass is 10.1. The first kappa shape index (κ1) is 80.6. The number of amides is 6. The van der Waals surface area contributed by atoms with Crippen LogP contribution in [0.4, 0.5) is 35.9 Å². The molecule has 2 saturated carbocycles. The lowest BCUT2D eigenvalue weighted by molar-refractivity contribution is -0.176. The molecule has 0 aromatic rings. The van der Waals surface area contributed by atoms with Gasteiger partial charge in [0.25, 0.3) is 0 Å². The molecular formula is C60H97F6N6O18Si-. The number of aliphatic carboxylic acids is 1. The molecule has 0 bridgehead atoms. The number of halogens is 6. The molecule has 0 radical (unpaired) electrons. The third-order valence-corrected chi connectivity index (χ3v) is 16.4. The highest BCUT2D eigenvalue weighted by atomic mass is 28.3. The van der Waals surface area contributed by atoms with Gasteiger partial charge < -0.3 is 61.7 Å². The molecule has 7 N–H and O–H groups in total. The number of unbranched alkanes of at least 4 members (excludes halogenated alkanes) is 6. The summed E-state index contributed by atoms with van der Waals surface area (Å²) in [6.45, 7) is 19.6. The van der Waals surface area contributed by atoms with E-state index in [0.717, 1.165) is 9.80 Å². The second-order valence-corrected chi connectivity index (χ2v) is 31.7. The van der Waals surface area contributed by atoms with E-state index < -0.39 is 145 Å². The number of carboxylic acid groups (broad SMARTS) is 1. The van der Waals surface area contributed by atoms with E-state index in [9.17, 15) is 84.5 Å². The first-order valence-corrected chi connectivity index (χ1v) is 34.0. The van der Waals surface area contributed by atoms with Crippen LogP contribution in [0.1, 0.15) is 154 Å². The van der Waals surface area contributed by atoms with Crippen molar-refractivity contribution in [3.8, 4) is 0 Å². The predicted molar refractivity (Wildman–Crippen MR) is 321 cm³/mol. The van der Waals surface area contributed by atoms with Gasteiger partial charge in [0.15, 0.2) is 0 Å². The van der Waals surface area contributed by atoms with Gasteiger partial charge in [-0.15, -0.1) is 0 Å². The standard InChI is InChI=1S/C32H52F3N3O9Si.C27H40F3N3O9.CH4.H/c1-8-45-28(43)31(37-25(40)24-18-22(39)20-38(24)29(44)47-30(2,3)4)19-21(31)14-12-10-9-11-13-15-23(36-27(42)32(33,34)35)26(41)46-16-17-48(5,6)7;1-5-41-23(39)26(32-20(35)19-13-17(34)15-33(19)24(40)42-25(2,3)4)14-16(26)11-9-7-6-8-10-12-18(21(36)37)31-22(38)27(28,29)30;;/h12,14,21-24,39H,8-11,13,15-20H2,1-7H3,(H,36,42)(H,37,40);9,11,16-19,34H,5-8,10,12-15H2,1-4H3,(H,31,38)(H,32,35)(H,36,37);1H4;/q;;;-1/b14-12-;11-9-;;/t21-,22-,23+,24+,31-;16-,17-,18+,19+,26-;;/m11../s1/i;;;1+1. The lowest BCUT2D eigenvalue weighted by Crippen LogP contribution is -2.54. The molecule has 522 valence electrons. The number of nitrogens with zero attached hydrogens (tertiary/aromatic N) is 2. The minimum atomic E-state index is -5.17. The van der Waals surface area contributed by atoms with E-state index in [0.29, 0.717) is 51.0 Å². The number of allylic oxidation sites excluding steroid dienone is 2. The zero-order valence-electron chi connectivity index (χ0n) is 54.2. The zero-order chi connectivity index (χ0) is 68.4. The van der Waals surface area contributed by atoms with Crippen molar-refractivity contribution >= 4 is 67.8 Å². The number of β-amino-alcohol motifs (C(OH)–C–C–N with tert-alkyl or cyclic N) is 2. The fraction of sp³-hybridized carbons (Fsp3) is 0.767. The number of hydrogen-bond donors (Lipinski definition) is 7. The number of aliphatic hydroxyl groups excluding tert-OH is 2. The number of nitrogens with one attached hydrogen (secondary N) is 4. The Morgan fingerprint density at radius 3 is 1.32 bits per heavy atom. The number of rotatable bonds is 29. The third kappa shape index (κ3) is 26.6. The maximum atomic E-state index is 13.3. The minimum Gasteiger partial charge on any atom is -1.00 e.